The van der Waals surface area contributed by atoms with Gasteiger partial charge in [0.2, 0.25) is 0 Å². The molecule has 0 saturated heterocycles. The summed E-state index contributed by atoms with van der Waals surface area (Å²) in [5.74, 6) is 0.638. The van der Waals surface area contributed by atoms with Crippen molar-refractivity contribution in [2.24, 2.45) is 0 Å². The first-order valence-corrected chi connectivity index (χ1v) is 8.35. The van der Waals surface area contributed by atoms with E-state index in [9.17, 15) is 4.79 Å². The lowest BCUT2D eigenvalue weighted by molar-refractivity contribution is 0.0525. The van der Waals surface area contributed by atoms with Gasteiger partial charge in [-0.05, 0) is 45.4 Å². The van der Waals surface area contributed by atoms with Gasteiger partial charge in [-0.25, -0.2) is 4.79 Å². The van der Waals surface area contributed by atoms with Gasteiger partial charge in [-0.2, -0.15) is 0 Å². The Hall–Kier alpha value is -1.72. The largest absolute Gasteiger partial charge is 0.493 e. The number of nitrogens with zero attached hydrogens (tertiary/aromatic N) is 1. The van der Waals surface area contributed by atoms with E-state index >= 15 is 0 Å². The van der Waals surface area contributed by atoms with Gasteiger partial charge in [0.15, 0.2) is 0 Å². The summed E-state index contributed by atoms with van der Waals surface area (Å²) < 4.78 is 10.9. The van der Waals surface area contributed by atoms with E-state index in [1.54, 1.807) is 24.4 Å². The number of pyridine rings is 1. The van der Waals surface area contributed by atoms with Crippen LogP contribution in [-0.4, -0.2) is 29.8 Å². The smallest absolute Gasteiger partial charge is 0.407 e. The molecule has 0 atom stereocenters. The molecule has 1 aromatic heterocycles. The van der Waals surface area contributed by atoms with Gasteiger partial charge >= 0.3 is 6.09 Å². The highest BCUT2D eigenvalue weighted by Gasteiger charge is 2.15. The Bertz CT molecular complexity index is 730. The zero-order valence-corrected chi connectivity index (χ0v) is 15.4. The number of rotatable bonds is 5. The molecule has 0 aliphatic carbocycles. The summed E-state index contributed by atoms with van der Waals surface area (Å²) in [6.45, 7) is 6.34. The molecule has 0 fully saturated rings. The maximum atomic E-state index is 11.5. The maximum absolute atomic E-state index is 11.5. The summed E-state index contributed by atoms with van der Waals surface area (Å²) in [6.07, 6.45) is 1.84. The molecule has 0 bridgehead atoms. The Morgan fingerprint density at radius 2 is 2.04 bits per heavy atom. The lowest BCUT2D eigenvalue weighted by atomic mass is 10.2. The van der Waals surface area contributed by atoms with E-state index < -0.39 is 11.7 Å². The number of hydrogen-bond acceptors (Lipinski definition) is 4. The number of hydrogen-bond donors (Lipinski definition) is 1. The predicted molar refractivity (Wildman–Crippen MR) is 96.1 cm³/mol. The SMILES string of the molecule is CC(C)(C)OC(=O)NCCCOc1ccnc2cc(Cl)cc(Cl)c12. The van der Waals surface area contributed by atoms with Crippen LogP contribution in [0.2, 0.25) is 10.0 Å². The molecule has 130 valence electrons. The van der Waals surface area contributed by atoms with Gasteiger partial charge in [0.25, 0.3) is 0 Å². The number of aromatic nitrogens is 1. The fraction of sp³-hybridized carbons (Fsp3) is 0.412. The van der Waals surface area contributed by atoms with Crippen molar-refractivity contribution in [3.63, 3.8) is 0 Å². The van der Waals surface area contributed by atoms with Gasteiger partial charge in [-0.1, -0.05) is 23.2 Å². The van der Waals surface area contributed by atoms with Crippen molar-refractivity contribution in [2.45, 2.75) is 32.8 Å². The van der Waals surface area contributed by atoms with Crippen molar-refractivity contribution in [3.05, 3.63) is 34.4 Å². The van der Waals surface area contributed by atoms with Crippen molar-refractivity contribution < 1.29 is 14.3 Å². The average Bonchev–Trinajstić information content (AvgIpc) is 2.44. The second kappa shape index (κ2) is 7.90. The summed E-state index contributed by atoms with van der Waals surface area (Å²) >= 11 is 12.2. The summed E-state index contributed by atoms with van der Waals surface area (Å²) in [5.41, 5.74) is 0.172. The second-order valence-corrected chi connectivity index (χ2v) is 7.07. The normalized spacial score (nSPS) is 11.4. The number of carbonyl (C=O) groups excluding carboxylic acids is 1. The third-order valence-corrected chi connectivity index (χ3v) is 3.48. The minimum absolute atomic E-state index is 0.424. The predicted octanol–water partition coefficient (Wildman–Crippen LogP) is 4.84. The number of alkyl carbamates (subject to hydrolysis) is 1. The molecule has 0 aliphatic rings. The zero-order chi connectivity index (χ0) is 17.7. The van der Waals surface area contributed by atoms with E-state index in [0.717, 1.165) is 5.39 Å². The molecule has 1 N–H and O–H groups in total. The molecule has 0 radical (unpaired) electrons. The lowest BCUT2D eigenvalue weighted by Gasteiger charge is -2.19. The van der Waals surface area contributed by atoms with Crippen LogP contribution in [-0.2, 0) is 4.74 Å². The van der Waals surface area contributed by atoms with Crippen LogP contribution in [0.5, 0.6) is 5.75 Å². The van der Waals surface area contributed by atoms with Gasteiger partial charge in [0.05, 0.1) is 22.5 Å². The van der Waals surface area contributed by atoms with Crippen LogP contribution in [0.3, 0.4) is 0 Å². The van der Waals surface area contributed by atoms with E-state index in [-0.39, 0.29) is 0 Å². The number of fused-ring (bicyclic) bond motifs is 1. The van der Waals surface area contributed by atoms with Crippen LogP contribution in [0.25, 0.3) is 10.9 Å². The summed E-state index contributed by atoms with van der Waals surface area (Å²) in [7, 11) is 0. The van der Waals surface area contributed by atoms with Crippen molar-refractivity contribution in [1.82, 2.24) is 10.3 Å². The fourth-order valence-electron chi connectivity index (χ4n) is 2.05. The van der Waals surface area contributed by atoms with Gasteiger partial charge < -0.3 is 14.8 Å². The highest BCUT2D eigenvalue weighted by molar-refractivity contribution is 6.38. The van der Waals surface area contributed by atoms with E-state index in [1.165, 1.54) is 0 Å². The zero-order valence-electron chi connectivity index (χ0n) is 13.9. The maximum Gasteiger partial charge on any atom is 0.407 e. The molecule has 7 heteroatoms. The molecule has 1 aromatic carbocycles. The third-order valence-electron chi connectivity index (χ3n) is 2.97. The highest BCUT2D eigenvalue weighted by atomic mass is 35.5. The summed E-state index contributed by atoms with van der Waals surface area (Å²) in [6, 6.07) is 5.15. The second-order valence-electron chi connectivity index (χ2n) is 6.22. The minimum atomic E-state index is -0.505. The molecule has 5 nitrogen and oxygen atoms in total. The molecule has 1 amide bonds. The Kier molecular flexibility index (Phi) is 6.13. The molecule has 0 spiro atoms. The first kappa shape index (κ1) is 18.6. The van der Waals surface area contributed by atoms with E-state index in [4.69, 9.17) is 32.7 Å². The first-order valence-electron chi connectivity index (χ1n) is 7.60. The molecule has 1 heterocycles. The number of nitrogens with one attached hydrogen (secondary N) is 1. The molecule has 0 aliphatic heterocycles. The molecular formula is C17H20Cl2N2O3. The topological polar surface area (TPSA) is 60.5 Å². The number of carbonyl (C=O) groups is 1. The lowest BCUT2D eigenvalue weighted by Crippen LogP contribution is -2.33. The quantitative estimate of drug-likeness (QED) is 0.765. The van der Waals surface area contributed by atoms with Crippen molar-refractivity contribution in [1.29, 1.82) is 0 Å². The van der Waals surface area contributed by atoms with Crippen LogP contribution in [0, 0.1) is 0 Å². The fourth-order valence-corrected chi connectivity index (χ4v) is 2.63. The van der Waals surface area contributed by atoms with Crippen LogP contribution in [0.1, 0.15) is 27.2 Å². The summed E-state index contributed by atoms with van der Waals surface area (Å²) in [5, 5.41) is 4.43. The third kappa shape index (κ3) is 5.42. The van der Waals surface area contributed by atoms with Crippen molar-refractivity contribution >= 4 is 40.2 Å². The van der Waals surface area contributed by atoms with E-state index in [2.05, 4.69) is 10.3 Å². The van der Waals surface area contributed by atoms with Gasteiger partial charge in [-0.15, -0.1) is 0 Å². The minimum Gasteiger partial charge on any atom is -0.493 e. The summed E-state index contributed by atoms with van der Waals surface area (Å²) in [4.78, 5) is 15.8. The van der Waals surface area contributed by atoms with Crippen LogP contribution in [0.4, 0.5) is 4.79 Å². The standard InChI is InChI=1S/C17H20Cl2N2O3/c1-17(2,3)24-16(22)21-6-4-8-23-14-5-7-20-13-10-11(18)9-12(19)15(13)14/h5,7,9-10H,4,6,8H2,1-3H3,(H,21,22). The number of halogens is 2. The highest BCUT2D eigenvalue weighted by Crippen LogP contribution is 2.33. The average molecular weight is 371 g/mol. The van der Waals surface area contributed by atoms with Gasteiger partial charge in [0, 0.05) is 17.8 Å². The molecule has 2 rings (SSSR count). The molecule has 0 saturated carbocycles. The molecule has 2 aromatic rings. The Morgan fingerprint density at radius 3 is 2.75 bits per heavy atom. The Balaban J connectivity index is 1.87. The van der Waals surface area contributed by atoms with Gasteiger partial charge in [0.1, 0.15) is 11.4 Å². The number of ether oxygens (including phenoxy) is 2. The van der Waals surface area contributed by atoms with E-state index in [1.807, 2.05) is 20.8 Å². The van der Waals surface area contributed by atoms with Crippen LogP contribution < -0.4 is 10.1 Å². The molecule has 24 heavy (non-hydrogen) atoms. The number of benzene rings is 1. The van der Waals surface area contributed by atoms with E-state index in [0.29, 0.717) is 40.9 Å². The first-order chi connectivity index (χ1) is 11.3. The van der Waals surface area contributed by atoms with Crippen molar-refractivity contribution in [3.8, 4) is 5.75 Å². The van der Waals surface area contributed by atoms with Crippen molar-refractivity contribution in [2.75, 3.05) is 13.2 Å². The van der Waals surface area contributed by atoms with Crippen LogP contribution >= 0.6 is 23.2 Å². The molecular weight excluding hydrogens is 351 g/mol. The monoisotopic (exact) mass is 370 g/mol. The Labute approximate surface area is 151 Å². The van der Waals surface area contributed by atoms with Gasteiger partial charge in [-0.3, -0.25) is 4.98 Å². The molecule has 0 unspecified atom stereocenters. The number of amides is 1. The van der Waals surface area contributed by atoms with Crippen LogP contribution in [0.15, 0.2) is 24.4 Å². The Morgan fingerprint density at radius 1 is 1.29 bits per heavy atom.